The van der Waals surface area contributed by atoms with Crippen LogP contribution in [0.2, 0.25) is 0 Å². The molecule has 0 saturated carbocycles. The first-order valence-corrected chi connectivity index (χ1v) is 6.87. The lowest BCUT2D eigenvalue weighted by molar-refractivity contribution is 0.0998. The average molecular weight is 279 g/mol. The van der Waals surface area contributed by atoms with Crippen LogP contribution in [0.15, 0.2) is 57.3 Å². The number of rotatable bonds is 3. The number of furan rings is 1. The first-order chi connectivity index (χ1) is 10.3. The molecule has 2 aliphatic heterocycles. The summed E-state index contributed by atoms with van der Waals surface area (Å²) in [5.41, 5.74) is 2.49. The van der Waals surface area contributed by atoms with Crippen LogP contribution >= 0.6 is 0 Å². The fourth-order valence-corrected chi connectivity index (χ4v) is 2.69. The molecule has 2 aliphatic rings. The number of carbonyl (C=O) groups is 1. The van der Waals surface area contributed by atoms with E-state index in [0.717, 1.165) is 36.0 Å². The van der Waals surface area contributed by atoms with E-state index in [4.69, 9.17) is 4.42 Å². The Hall–Kier alpha value is -2.69. The minimum Gasteiger partial charge on any atom is -0.472 e. The molecule has 0 atom stereocenters. The fourth-order valence-electron chi connectivity index (χ4n) is 2.69. The second-order valence-electron chi connectivity index (χ2n) is 5.01. The Balaban J connectivity index is 1.71. The molecule has 0 spiro atoms. The van der Waals surface area contributed by atoms with Gasteiger partial charge in [-0.15, -0.1) is 0 Å². The Labute approximate surface area is 121 Å². The summed E-state index contributed by atoms with van der Waals surface area (Å²) in [7, 11) is 0. The van der Waals surface area contributed by atoms with Gasteiger partial charge in [0.15, 0.2) is 5.78 Å². The standard InChI is InChI=1S/C16H13N3O2/c20-14(11-5-8-21-10-11)9-15-18-13-4-2-1-3-12(13)16-17-6-7-19(15)16/h1-5,8,10H,6-7,9H2. The lowest BCUT2D eigenvalue weighted by atomic mass is 10.1. The molecule has 1 aromatic carbocycles. The van der Waals surface area contributed by atoms with Crippen LogP contribution < -0.4 is 0 Å². The smallest absolute Gasteiger partial charge is 0.173 e. The zero-order valence-electron chi connectivity index (χ0n) is 11.3. The van der Waals surface area contributed by atoms with Crippen LogP contribution in [0.1, 0.15) is 22.3 Å². The van der Waals surface area contributed by atoms with Crippen LogP contribution in [-0.4, -0.2) is 35.4 Å². The molecule has 0 aliphatic carbocycles. The number of amidine groups is 2. The molecule has 104 valence electrons. The summed E-state index contributed by atoms with van der Waals surface area (Å²) in [5, 5.41) is 0. The molecule has 0 radical (unpaired) electrons. The summed E-state index contributed by atoms with van der Waals surface area (Å²) in [5.74, 6) is 1.69. The molecule has 0 saturated heterocycles. The van der Waals surface area contributed by atoms with Crippen LogP contribution in [0.5, 0.6) is 0 Å². The van der Waals surface area contributed by atoms with Gasteiger partial charge in [0.2, 0.25) is 0 Å². The van der Waals surface area contributed by atoms with Crippen molar-refractivity contribution in [1.29, 1.82) is 0 Å². The van der Waals surface area contributed by atoms with Crippen LogP contribution in [0.3, 0.4) is 0 Å². The van der Waals surface area contributed by atoms with Crippen LogP contribution in [0.4, 0.5) is 5.69 Å². The molecule has 1 aromatic heterocycles. The minimum absolute atomic E-state index is 0.00753. The highest BCUT2D eigenvalue weighted by Crippen LogP contribution is 2.29. The maximum Gasteiger partial charge on any atom is 0.173 e. The maximum atomic E-state index is 12.3. The van der Waals surface area contributed by atoms with Gasteiger partial charge in [-0.3, -0.25) is 9.79 Å². The second-order valence-corrected chi connectivity index (χ2v) is 5.01. The van der Waals surface area contributed by atoms with E-state index >= 15 is 0 Å². The number of carbonyl (C=O) groups excluding carboxylic acids is 1. The lowest BCUT2D eigenvalue weighted by Crippen LogP contribution is -2.38. The zero-order chi connectivity index (χ0) is 14.2. The second kappa shape index (κ2) is 4.70. The summed E-state index contributed by atoms with van der Waals surface area (Å²) in [6.45, 7) is 1.52. The molecule has 2 aromatic rings. The molecule has 0 amide bonds. The Morgan fingerprint density at radius 2 is 2.19 bits per heavy atom. The number of fused-ring (bicyclic) bond motifs is 3. The highest BCUT2D eigenvalue weighted by Gasteiger charge is 2.30. The summed E-state index contributed by atoms with van der Waals surface area (Å²) < 4.78 is 4.97. The molecule has 3 heterocycles. The van der Waals surface area contributed by atoms with Crippen molar-refractivity contribution in [2.75, 3.05) is 13.1 Å². The minimum atomic E-state index is 0.00753. The van der Waals surface area contributed by atoms with Crippen molar-refractivity contribution in [2.24, 2.45) is 9.98 Å². The predicted molar refractivity (Wildman–Crippen MR) is 79.3 cm³/mol. The van der Waals surface area contributed by atoms with Crippen molar-refractivity contribution in [3.63, 3.8) is 0 Å². The van der Waals surface area contributed by atoms with Crippen molar-refractivity contribution >= 4 is 23.1 Å². The van der Waals surface area contributed by atoms with Crippen LogP contribution in [0, 0.1) is 0 Å². The average Bonchev–Trinajstić information content (AvgIpc) is 3.19. The van der Waals surface area contributed by atoms with Gasteiger partial charge < -0.3 is 9.32 Å². The van der Waals surface area contributed by atoms with Gasteiger partial charge in [-0.25, -0.2) is 4.99 Å². The Morgan fingerprint density at radius 1 is 1.29 bits per heavy atom. The van der Waals surface area contributed by atoms with Crippen molar-refractivity contribution < 1.29 is 9.21 Å². The molecule has 21 heavy (non-hydrogen) atoms. The van der Waals surface area contributed by atoms with E-state index in [1.807, 2.05) is 29.2 Å². The summed E-state index contributed by atoms with van der Waals surface area (Å²) in [6, 6.07) is 9.58. The van der Waals surface area contributed by atoms with E-state index < -0.39 is 0 Å². The van der Waals surface area contributed by atoms with E-state index in [0.29, 0.717) is 5.56 Å². The number of hydrogen-bond donors (Lipinski definition) is 0. The quantitative estimate of drug-likeness (QED) is 0.812. The largest absolute Gasteiger partial charge is 0.472 e. The number of ketones is 1. The SMILES string of the molecule is O=C(CC1=Nc2ccccc2C2=NCCN12)c1ccoc1. The third-order valence-corrected chi connectivity index (χ3v) is 3.71. The molecule has 5 nitrogen and oxygen atoms in total. The lowest BCUT2D eigenvalue weighted by Gasteiger charge is -2.27. The van der Waals surface area contributed by atoms with Crippen LogP contribution in [-0.2, 0) is 0 Å². The molecule has 5 heteroatoms. The maximum absolute atomic E-state index is 12.3. The normalized spacial score (nSPS) is 16.1. The van der Waals surface area contributed by atoms with Crippen molar-refractivity contribution in [1.82, 2.24) is 4.90 Å². The Morgan fingerprint density at radius 3 is 3.05 bits per heavy atom. The molecule has 0 fully saturated rings. The van der Waals surface area contributed by atoms with E-state index in [1.54, 1.807) is 6.07 Å². The van der Waals surface area contributed by atoms with Gasteiger partial charge in [0.25, 0.3) is 0 Å². The van der Waals surface area contributed by atoms with Gasteiger partial charge >= 0.3 is 0 Å². The third-order valence-electron chi connectivity index (χ3n) is 3.71. The monoisotopic (exact) mass is 279 g/mol. The molecule has 4 rings (SSSR count). The highest BCUT2D eigenvalue weighted by molar-refractivity contribution is 6.20. The summed E-state index contributed by atoms with van der Waals surface area (Å²) in [6.07, 6.45) is 3.24. The van der Waals surface area contributed by atoms with Crippen molar-refractivity contribution in [3.8, 4) is 0 Å². The van der Waals surface area contributed by atoms with Crippen molar-refractivity contribution in [2.45, 2.75) is 6.42 Å². The number of aliphatic imine (C=N–C) groups is 2. The number of para-hydroxylation sites is 1. The molecular formula is C16H13N3O2. The van der Waals surface area contributed by atoms with Gasteiger partial charge in [-0.1, -0.05) is 12.1 Å². The van der Waals surface area contributed by atoms with Crippen molar-refractivity contribution in [3.05, 3.63) is 54.0 Å². The van der Waals surface area contributed by atoms with Gasteiger partial charge in [0, 0.05) is 12.1 Å². The van der Waals surface area contributed by atoms with Gasteiger partial charge in [-0.2, -0.15) is 0 Å². The Bertz CT molecular complexity index is 760. The zero-order valence-corrected chi connectivity index (χ0v) is 11.3. The van der Waals surface area contributed by atoms with E-state index in [1.165, 1.54) is 12.5 Å². The van der Waals surface area contributed by atoms with E-state index in [-0.39, 0.29) is 12.2 Å². The molecular weight excluding hydrogens is 266 g/mol. The number of nitrogens with zero attached hydrogens (tertiary/aromatic N) is 3. The Kier molecular flexibility index (Phi) is 2.70. The van der Waals surface area contributed by atoms with E-state index in [9.17, 15) is 4.79 Å². The third kappa shape index (κ3) is 1.98. The number of hydrogen-bond acceptors (Lipinski definition) is 5. The van der Waals surface area contributed by atoms with Crippen LogP contribution in [0.25, 0.3) is 0 Å². The first kappa shape index (κ1) is 12.1. The van der Waals surface area contributed by atoms with Gasteiger partial charge in [0.05, 0.1) is 30.5 Å². The molecule has 0 bridgehead atoms. The summed E-state index contributed by atoms with van der Waals surface area (Å²) in [4.78, 5) is 23.5. The fraction of sp³-hybridized carbons (Fsp3) is 0.188. The summed E-state index contributed by atoms with van der Waals surface area (Å²) >= 11 is 0. The van der Waals surface area contributed by atoms with E-state index in [2.05, 4.69) is 9.98 Å². The topological polar surface area (TPSA) is 58.2 Å². The predicted octanol–water partition coefficient (Wildman–Crippen LogP) is 2.66. The number of benzene rings is 1. The number of Topliss-reactive ketones (excluding diaryl/α,β-unsaturated/α-hetero) is 1. The van der Waals surface area contributed by atoms with Gasteiger partial charge in [-0.05, 0) is 18.2 Å². The first-order valence-electron chi connectivity index (χ1n) is 6.87. The van der Waals surface area contributed by atoms with Gasteiger partial charge in [0.1, 0.15) is 17.9 Å². The molecule has 0 N–H and O–H groups in total. The molecule has 0 unspecified atom stereocenters. The highest BCUT2D eigenvalue weighted by atomic mass is 16.3.